The second kappa shape index (κ2) is 8.56. The second-order valence-corrected chi connectivity index (χ2v) is 7.69. The third-order valence-electron chi connectivity index (χ3n) is 3.35. The highest BCUT2D eigenvalue weighted by molar-refractivity contribution is 7.89. The fourth-order valence-electron chi connectivity index (χ4n) is 2.16. The number of sulfonamides is 1. The molecule has 9 heteroatoms. The van der Waals surface area contributed by atoms with Gasteiger partial charge in [-0.25, -0.2) is 13.1 Å². The van der Waals surface area contributed by atoms with Gasteiger partial charge in [-0.05, 0) is 61.9 Å². The van der Waals surface area contributed by atoms with Crippen LogP contribution in [0.5, 0.6) is 0 Å². The van der Waals surface area contributed by atoms with Crippen molar-refractivity contribution in [3.8, 4) is 0 Å². The van der Waals surface area contributed by atoms with E-state index >= 15 is 0 Å². The predicted octanol–water partition coefficient (Wildman–Crippen LogP) is 2.93. The van der Waals surface area contributed by atoms with E-state index in [-0.39, 0.29) is 16.6 Å². The number of anilines is 1. The van der Waals surface area contributed by atoms with Crippen LogP contribution in [-0.4, -0.2) is 25.3 Å². The van der Waals surface area contributed by atoms with Gasteiger partial charge in [0.2, 0.25) is 15.9 Å². The van der Waals surface area contributed by atoms with E-state index in [0.29, 0.717) is 11.3 Å². The molecule has 0 aliphatic carbocycles. The molecule has 0 spiro atoms. The van der Waals surface area contributed by atoms with Crippen LogP contribution in [0.2, 0.25) is 0 Å². The molecule has 0 radical (unpaired) electrons. The lowest BCUT2D eigenvalue weighted by molar-refractivity contribution is -0.384. The number of carbonyl (C=O) groups excluding carboxylic acids is 1. The Morgan fingerprint density at radius 2 is 1.67 bits per heavy atom. The molecule has 1 amide bonds. The minimum absolute atomic E-state index is 0.0291. The second-order valence-electron chi connectivity index (χ2n) is 5.97. The zero-order valence-electron chi connectivity index (χ0n) is 14.7. The molecule has 0 saturated heterocycles. The molecule has 0 fully saturated rings. The van der Waals surface area contributed by atoms with Gasteiger partial charge in [-0.15, -0.1) is 0 Å². The van der Waals surface area contributed by atoms with E-state index in [1.54, 1.807) is 13.8 Å². The molecule has 0 saturated carbocycles. The summed E-state index contributed by atoms with van der Waals surface area (Å²) in [5.74, 6) is -0.413. The Hall–Kier alpha value is -3.04. The molecule has 0 heterocycles. The summed E-state index contributed by atoms with van der Waals surface area (Å²) in [6.45, 7) is 3.45. The van der Waals surface area contributed by atoms with Crippen LogP contribution in [0.15, 0.2) is 59.5 Å². The van der Waals surface area contributed by atoms with Gasteiger partial charge in [0, 0.05) is 29.9 Å². The van der Waals surface area contributed by atoms with Gasteiger partial charge in [-0.3, -0.25) is 14.9 Å². The van der Waals surface area contributed by atoms with Gasteiger partial charge in [0.25, 0.3) is 5.69 Å². The molecule has 0 bridgehead atoms. The number of nitro groups is 1. The fourth-order valence-corrected chi connectivity index (χ4v) is 3.41. The van der Waals surface area contributed by atoms with Crippen molar-refractivity contribution in [2.24, 2.45) is 0 Å². The van der Waals surface area contributed by atoms with Gasteiger partial charge < -0.3 is 5.32 Å². The average molecular weight is 389 g/mol. The van der Waals surface area contributed by atoms with E-state index in [1.807, 2.05) is 0 Å². The topological polar surface area (TPSA) is 118 Å². The zero-order chi connectivity index (χ0) is 20.0. The van der Waals surface area contributed by atoms with E-state index in [1.165, 1.54) is 60.7 Å². The summed E-state index contributed by atoms with van der Waals surface area (Å²) in [6.07, 6.45) is 2.80. The quantitative estimate of drug-likeness (QED) is 0.429. The molecule has 2 aromatic carbocycles. The zero-order valence-corrected chi connectivity index (χ0v) is 15.6. The van der Waals surface area contributed by atoms with Crippen LogP contribution in [-0.2, 0) is 14.8 Å². The number of rotatable bonds is 7. The maximum Gasteiger partial charge on any atom is 0.269 e. The standard InChI is InChI=1S/C18H19N3O5S/c1-13(2)20-27(25,26)17-10-6-15(7-11-17)19-18(22)12-5-14-3-8-16(9-4-14)21(23)24/h3-13,20H,1-2H3,(H,19,22)/b12-5+. The first-order chi connectivity index (χ1) is 12.7. The van der Waals surface area contributed by atoms with E-state index in [0.717, 1.165) is 0 Å². The van der Waals surface area contributed by atoms with Crippen LogP contribution >= 0.6 is 0 Å². The van der Waals surface area contributed by atoms with Gasteiger partial charge in [-0.1, -0.05) is 0 Å². The molecule has 8 nitrogen and oxygen atoms in total. The van der Waals surface area contributed by atoms with Gasteiger partial charge >= 0.3 is 0 Å². The Morgan fingerprint density at radius 3 is 2.19 bits per heavy atom. The van der Waals surface area contributed by atoms with Gasteiger partial charge in [0.1, 0.15) is 0 Å². The minimum Gasteiger partial charge on any atom is -0.323 e. The average Bonchev–Trinajstić information content (AvgIpc) is 2.59. The Kier molecular flexibility index (Phi) is 6.43. The lowest BCUT2D eigenvalue weighted by Crippen LogP contribution is -2.30. The van der Waals surface area contributed by atoms with Gasteiger partial charge in [0.05, 0.1) is 9.82 Å². The molecular weight excluding hydrogens is 370 g/mol. The van der Waals surface area contributed by atoms with Crippen LogP contribution in [0.25, 0.3) is 6.08 Å². The van der Waals surface area contributed by atoms with Crippen LogP contribution in [0.4, 0.5) is 11.4 Å². The molecule has 2 N–H and O–H groups in total. The first kappa shape index (κ1) is 20.3. The van der Waals surface area contributed by atoms with Gasteiger partial charge in [-0.2, -0.15) is 0 Å². The first-order valence-corrected chi connectivity index (χ1v) is 9.51. The highest BCUT2D eigenvalue weighted by atomic mass is 32.2. The van der Waals surface area contributed by atoms with Crippen molar-refractivity contribution in [3.63, 3.8) is 0 Å². The number of amides is 1. The molecular formula is C18H19N3O5S. The first-order valence-electron chi connectivity index (χ1n) is 8.03. The number of hydrogen-bond acceptors (Lipinski definition) is 5. The number of carbonyl (C=O) groups is 1. The summed E-state index contributed by atoms with van der Waals surface area (Å²) < 4.78 is 26.6. The summed E-state index contributed by atoms with van der Waals surface area (Å²) >= 11 is 0. The van der Waals surface area contributed by atoms with Crippen LogP contribution in [0.3, 0.4) is 0 Å². The maximum absolute atomic E-state index is 12.0. The molecule has 2 aromatic rings. The third-order valence-corrected chi connectivity index (χ3v) is 5.03. The van der Waals surface area contributed by atoms with E-state index in [2.05, 4.69) is 10.0 Å². The van der Waals surface area contributed by atoms with Crippen molar-refractivity contribution in [3.05, 3.63) is 70.3 Å². The van der Waals surface area contributed by atoms with Crippen LogP contribution in [0.1, 0.15) is 19.4 Å². The molecule has 0 atom stereocenters. The molecule has 0 unspecified atom stereocenters. The number of nitrogens with one attached hydrogen (secondary N) is 2. The predicted molar refractivity (Wildman–Crippen MR) is 103 cm³/mol. The Balaban J connectivity index is 2.00. The van der Waals surface area contributed by atoms with Crippen molar-refractivity contribution >= 4 is 33.4 Å². The SMILES string of the molecule is CC(C)NS(=O)(=O)c1ccc(NC(=O)/C=C/c2ccc([N+](=O)[O-])cc2)cc1. The van der Waals surface area contributed by atoms with E-state index < -0.39 is 20.9 Å². The minimum atomic E-state index is -3.59. The lowest BCUT2D eigenvalue weighted by atomic mass is 10.2. The van der Waals surface area contributed by atoms with Crippen molar-refractivity contribution in [1.29, 1.82) is 0 Å². The van der Waals surface area contributed by atoms with Crippen molar-refractivity contribution < 1.29 is 18.1 Å². The van der Waals surface area contributed by atoms with Gasteiger partial charge in [0.15, 0.2) is 0 Å². The van der Waals surface area contributed by atoms with E-state index in [4.69, 9.17) is 0 Å². The van der Waals surface area contributed by atoms with Crippen molar-refractivity contribution in [1.82, 2.24) is 4.72 Å². The molecule has 2 rings (SSSR count). The molecule has 0 aliphatic heterocycles. The number of hydrogen-bond donors (Lipinski definition) is 2. The number of nitro benzene ring substituents is 1. The Bertz CT molecular complexity index is 949. The third kappa shape index (κ3) is 6.01. The molecule has 27 heavy (non-hydrogen) atoms. The van der Waals surface area contributed by atoms with Crippen LogP contribution in [0, 0.1) is 10.1 Å². The normalized spacial score (nSPS) is 11.7. The van der Waals surface area contributed by atoms with Crippen molar-refractivity contribution in [2.45, 2.75) is 24.8 Å². The number of nitrogens with zero attached hydrogens (tertiary/aromatic N) is 1. The largest absolute Gasteiger partial charge is 0.323 e. The highest BCUT2D eigenvalue weighted by Gasteiger charge is 2.14. The summed E-state index contributed by atoms with van der Waals surface area (Å²) in [4.78, 5) is 22.2. The number of non-ortho nitro benzene ring substituents is 1. The Labute approximate surface area is 157 Å². The fraction of sp³-hybridized carbons (Fsp3) is 0.167. The Morgan fingerprint density at radius 1 is 1.07 bits per heavy atom. The summed E-state index contributed by atoms with van der Waals surface area (Å²) in [5.41, 5.74) is 1.05. The highest BCUT2D eigenvalue weighted by Crippen LogP contribution is 2.15. The molecule has 0 aromatic heterocycles. The van der Waals surface area contributed by atoms with E-state index in [9.17, 15) is 23.3 Å². The lowest BCUT2D eigenvalue weighted by Gasteiger charge is -2.10. The summed E-state index contributed by atoms with van der Waals surface area (Å²) in [5, 5.41) is 13.2. The summed E-state index contributed by atoms with van der Waals surface area (Å²) in [7, 11) is -3.59. The van der Waals surface area contributed by atoms with Crippen molar-refractivity contribution in [2.75, 3.05) is 5.32 Å². The smallest absolute Gasteiger partial charge is 0.269 e. The van der Waals surface area contributed by atoms with Crippen LogP contribution < -0.4 is 10.0 Å². The molecule has 0 aliphatic rings. The summed E-state index contributed by atoms with van der Waals surface area (Å²) in [6, 6.07) is 11.3. The monoisotopic (exact) mass is 389 g/mol. The number of benzene rings is 2. The maximum atomic E-state index is 12.0. The molecule has 142 valence electrons.